The molecule has 1 aliphatic heterocycles. The molecular weight excluding hydrogens is 308 g/mol. The Morgan fingerprint density at radius 3 is 2.52 bits per heavy atom. The molecule has 0 aromatic heterocycles. The SMILES string of the molecule is C=C(C1=CCOC1CC/C(=C/c1cc(C)c(O)c(C)c1)CC)C(C)C. The molecule has 2 nitrogen and oxygen atoms in total. The Bertz CT molecular complexity index is 669. The number of hydrogen-bond donors (Lipinski definition) is 1. The number of aryl methyl sites for hydroxylation is 2. The predicted octanol–water partition coefficient (Wildman–Crippen LogP) is 6.12. The number of phenolic OH excluding ortho intramolecular Hbond substituents is 1. The lowest BCUT2D eigenvalue weighted by atomic mass is 9.90. The van der Waals surface area contributed by atoms with E-state index in [0.29, 0.717) is 18.3 Å². The summed E-state index contributed by atoms with van der Waals surface area (Å²) in [5, 5.41) is 9.94. The summed E-state index contributed by atoms with van der Waals surface area (Å²) in [4.78, 5) is 0. The molecule has 1 aromatic rings. The Morgan fingerprint density at radius 1 is 1.32 bits per heavy atom. The first kappa shape index (κ1) is 19.5. The molecule has 0 amide bonds. The largest absolute Gasteiger partial charge is 0.507 e. The maximum atomic E-state index is 9.94. The van der Waals surface area contributed by atoms with Crippen molar-refractivity contribution in [3.05, 3.63) is 58.2 Å². The summed E-state index contributed by atoms with van der Waals surface area (Å²) < 4.78 is 5.92. The molecule has 0 aliphatic carbocycles. The number of benzene rings is 1. The van der Waals surface area contributed by atoms with Gasteiger partial charge < -0.3 is 9.84 Å². The molecule has 2 rings (SSSR count). The second-order valence-electron chi connectivity index (χ2n) is 7.36. The minimum absolute atomic E-state index is 0.174. The average Bonchev–Trinajstić information content (AvgIpc) is 3.03. The van der Waals surface area contributed by atoms with Crippen LogP contribution in [-0.2, 0) is 4.74 Å². The fraction of sp³-hybridized carbons (Fsp3) is 0.478. The van der Waals surface area contributed by atoms with E-state index in [9.17, 15) is 5.11 Å². The lowest BCUT2D eigenvalue weighted by Gasteiger charge is -2.19. The van der Waals surface area contributed by atoms with Crippen molar-refractivity contribution in [2.45, 2.75) is 60.0 Å². The van der Waals surface area contributed by atoms with Crippen molar-refractivity contribution in [1.82, 2.24) is 0 Å². The molecule has 0 fully saturated rings. The molecule has 1 heterocycles. The number of phenols is 1. The van der Waals surface area contributed by atoms with Crippen LogP contribution in [0.4, 0.5) is 0 Å². The van der Waals surface area contributed by atoms with Crippen molar-refractivity contribution < 1.29 is 9.84 Å². The van der Waals surface area contributed by atoms with Gasteiger partial charge in [-0.3, -0.25) is 0 Å². The fourth-order valence-electron chi connectivity index (χ4n) is 3.36. The van der Waals surface area contributed by atoms with Crippen molar-refractivity contribution in [1.29, 1.82) is 0 Å². The van der Waals surface area contributed by atoms with Crippen LogP contribution < -0.4 is 0 Å². The van der Waals surface area contributed by atoms with Gasteiger partial charge in [-0.1, -0.05) is 45.1 Å². The minimum Gasteiger partial charge on any atom is -0.507 e. The van der Waals surface area contributed by atoms with Crippen LogP contribution in [0.2, 0.25) is 0 Å². The highest BCUT2D eigenvalue weighted by molar-refractivity contribution is 5.58. The predicted molar refractivity (Wildman–Crippen MR) is 107 cm³/mol. The first-order valence-corrected chi connectivity index (χ1v) is 9.34. The standard InChI is InChI=1S/C23H32O2/c1-7-19(14-20-12-16(4)23(24)17(5)13-20)8-9-22-21(10-11-25-22)18(6)15(2)3/h10,12-15,22,24H,6-9,11H2,1-5H3/b19-14+. The Labute approximate surface area is 152 Å². The number of hydrogen-bond acceptors (Lipinski definition) is 2. The summed E-state index contributed by atoms with van der Waals surface area (Å²) in [7, 11) is 0. The fourth-order valence-corrected chi connectivity index (χ4v) is 3.36. The van der Waals surface area contributed by atoms with E-state index in [1.807, 2.05) is 13.8 Å². The van der Waals surface area contributed by atoms with Crippen LogP contribution in [0.15, 0.2) is 41.5 Å². The molecule has 1 aromatic carbocycles. The Morgan fingerprint density at radius 2 is 1.96 bits per heavy atom. The molecule has 1 aliphatic rings. The van der Waals surface area contributed by atoms with Crippen LogP contribution >= 0.6 is 0 Å². The zero-order valence-electron chi connectivity index (χ0n) is 16.4. The summed E-state index contributed by atoms with van der Waals surface area (Å²) in [5.74, 6) is 0.858. The lowest BCUT2D eigenvalue weighted by molar-refractivity contribution is 0.116. The Hall–Kier alpha value is -1.80. The van der Waals surface area contributed by atoms with Gasteiger partial charge in [0.25, 0.3) is 0 Å². The summed E-state index contributed by atoms with van der Waals surface area (Å²) in [6.07, 6.45) is 7.66. The lowest BCUT2D eigenvalue weighted by Crippen LogP contribution is -2.13. The topological polar surface area (TPSA) is 29.5 Å². The smallest absolute Gasteiger partial charge is 0.121 e. The highest BCUT2D eigenvalue weighted by atomic mass is 16.5. The molecule has 0 saturated carbocycles. The average molecular weight is 341 g/mol. The third kappa shape index (κ3) is 4.85. The minimum atomic E-state index is 0.174. The zero-order valence-corrected chi connectivity index (χ0v) is 16.4. The summed E-state index contributed by atoms with van der Waals surface area (Å²) in [6, 6.07) is 4.10. The van der Waals surface area contributed by atoms with Crippen molar-refractivity contribution in [2.24, 2.45) is 5.92 Å². The van der Waals surface area contributed by atoms with Crippen molar-refractivity contribution >= 4 is 6.08 Å². The number of ether oxygens (including phenoxy) is 1. The maximum Gasteiger partial charge on any atom is 0.121 e. The van der Waals surface area contributed by atoms with Gasteiger partial charge in [-0.15, -0.1) is 0 Å². The maximum absolute atomic E-state index is 9.94. The van der Waals surface area contributed by atoms with E-state index in [1.165, 1.54) is 22.3 Å². The molecular formula is C23H32O2. The molecule has 0 spiro atoms. The van der Waals surface area contributed by atoms with Gasteiger partial charge in [-0.05, 0) is 79.0 Å². The second kappa shape index (κ2) is 8.53. The first-order chi connectivity index (χ1) is 11.8. The van der Waals surface area contributed by atoms with Gasteiger partial charge >= 0.3 is 0 Å². The molecule has 1 atom stereocenters. The van der Waals surface area contributed by atoms with E-state index < -0.39 is 0 Å². The molecule has 136 valence electrons. The number of aromatic hydroxyl groups is 1. The van der Waals surface area contributed by atoms with Crippen LogP contribution in [0.1, 0.15) is 56.7 Å². The van der Waals surface area contributed by atoms with Gasteiger partial charge in [-0.2, -0.15) is 0 Å². The van der Waals surface area contributed by atoms with E-state index in [2.05, 4.69) is 51.6 Å². The van der Waals surface area contributed by atoms with Crippen LogP contribution in [0, 0.1) is 19.8 Å². The summed E-state index contributed by atoms with van der Waals surface area (Å²) in [5.41, 5.74) is 6.93. The van der Waals surface area contributed by atoms with E-state index >= 15 is 0 Å². The zero-order chi connectivity index (χ0) is 18.6. The summed E-state index contributed by atoms with van der Waals surface area (Å²) >= 11 is 0. The van der Waals surface area contributed by atoms with Crippen molar-refractivity contribution in [3.8, 4) is 5.75 Å². The van der Waals surface area contributed by atoms with Crippen LogP contribution in [0.3, 0.4) is 0 Å². The van der Waals surface area contributed by atoms with E-state index in [1.54, 1.807) is 0 Å². The van der Waals surface area contributed by atoms with Gasteiger partial charge in [-0.25, -0.2) is 0 Å². The third-order valence-corrected chi connectivity index (χ3v) is 5.08. The van der Waals surface area contributed by atoms with Crippen LogP contribution in [-0.4, -0.2) is 17.8 Å². The number of allylic oxidation sites excluding steroid dienone is 1. The molecule has 1 N–H and O–H groups in total. The van der Waals surface area contributed by atoms with Crippen LogP contribution in [0.25, 0.3) is 6.08 Å². The first-order valence-electron chi connectivity index (χ1n) is 9.34. The highest BCUT2D eigenvalue weighted by Crippen LogP contribution is 2.31. The van der Waals surface area contributed by atoms with Crippen LogP contribution in [0.5, 0.6) is 5.75 Å². The van der Waals surface area contributed by atoms with E-state index in [0.717, 1.165) is 30.4 Å². The van der Waals surface area contributed by atoms with Gasteiger partial charge in [0.15, 0.2) is 0 Å². The van der Waals surface area contributed by atoms with Gasteiger partial charge in [0.05, 0.1) is 12.7 Å². The Kier molecular flexibility index (Phi) is 6.66. The van der Waals surface area contributed by atoms with Gasteiger partial charge in [0.1, 0.15) is 5.75 Å². The molecule has 25 heavy (non-hydrogen) atoms. The summed E-state index contributed by atoms with van der Waals surface area (Å²) in [6.45, 7) is 15.4. The van der Waals surface area contributed by atoms with Crippen molar-refractivity contribution in [3.63, 3.8) is 0 Å². The van der Waals surface area contributed by atoms with E-state index in [-0.39, 0.29) is 6.10 Å². The second-order valence-corrected chi connectivity index (χ2v) is 7.36. The van der Waals surface area contributed by atoms with Crippen molar-refractivity contribution in [2.75, 3.05) is 6.61 Å². The normalized spacial score (nSPS) is 17.9. The third-order valence-electron chi connectivity index (χ3n) is 5.08. The molecule has 0 radical (unpaired) electrons. The number of rotatable bonds is 7. The highest BCUT2D eigenvalue weighted by Gasteiger charge is 2.23. The van der Waals surface area contributed by atoms with Gasteiger partial charge in [0.2, 0.25) is 0 Å². The molecule has 0 saturated heterocycles. The molecule has 2 heteroatoms. The molecule has 1 unspecified atom stereocenters. The van der Waals surface area contributed by atoms with Gasteiger partial charge in [0, 0.05) is 0 Å². The quantitative estimate of drug-likeness (QED) is 0.648. The monoisotopic (exact) mass is 340 g/mol. The molecule has 0 bridgehead atoms. The Balaban J connectivity index is 2.08. The van der Waals surface area contributed by atoms with E-state index in [4.69, 9.17) is 4.74 Å².